The minimum Gasteiger partial charge on any atom is -1.00 e. The molecule has 0 spiro atoms. The van der Waals surface area contributed by atoms with Gasteiger partial charge in [-0.3, -0.25) is 14.5 Å². The number of halogens is 1. The first-order chi connectivity index (χ1) is 18.2. The third-order valence-corrected chi connectivity index (χ3v) is 11.9. The van der Waals surface area contributed by atoms with Crippen molar-refractivity contribution < 1.29 is 26.6 Å². The number of hydrogen-bond donors (Lipinski definition) is 0. The van der Waals surface area contributed by atoms with Crippen molar-refractivity contribution in [1.29, 1.82) is 0 Å². The summed E-state index contributed by atoms with van der Waals surface area (Å²) in [5.74, 6) is -0.299. The predicted octanol–water partition coefficient (Wildman–Crippen LogP) is 3.23. The van der Waals surface area contributed by atoms with Crippen molar-refractivity contribution in [2.24, 2.45) is 0 Å². The highest BCUT2D eigenvalue weighted by Crippen LogP contribution is 2.56. The molecule has 4 aromatic carbocycles. The minimum atomic E-state index is -1.77. The summed E-state index contributed by atoms with van der Waals surface area (Å²) in [4.78, 5) is 26.6. The molecule has 0 saturated carbocycles. The molecule has 2 amide bonds. The van der Waals surface area contributed by atoms with Crippen LogP contribution < -0.4 is 32.9 Å². The van der Waals surface area contributed by atoms with E-state index in [0.29, 0.717) is 17.7 Å². The lowest BCUT2D eigenvalue weighted by atomic mass is 10.1. The fraction of sp³-hybridized carbons (Fsp3) is 0.212. The van der Waals surface area contributed by atoms with Crippen molar-refractivity contribution in [1.82, 2.24) is 4.90 Å². The lowest BCUT2D eigenvalue weighted by molar-refractivity contribution is -0.0000305. The summed E-state index contributed by atoms with van der Waals surface area (Å²) in [6.07, 6.45) is 6.36. The Morgan fingerprint density at radius 3 is 1.29 bits per heavy atom. The zero-order valence-electron chi connectivity index (χ0n) is 21.5. The molecule has 3 nitrogen and oxygen atoms in total. The lowest BCUT2D eigenvalue weighted by Crippen LogP contribution is -3.00. The van der Waals surface area contributed by atoms with E-state index < -0.39 is 7.26 Å². The van der Waals surface area contributed by atoms with Gasteiger partial charge in [0.1, 0.15) is 23.2 Å². The molecular formula is C33H33BrNO2P. The quantitative estimate of drug-likeness (QED) is 0.154. The molecule has 4 aromatic rings. The fourth-order valence-electron chi connectivity index (χ4n) is 5.47. The van der Waals surface area contributed by atoms with Gasteiger partial charge in [0.05, 0.1) is 17.3 Å². The summed E-state index contributed by atoms with van der Waals surface area (Å²) in [7, 11) is -1.77. The molecule has 0 atom stereocenters. The molecule has 194 valence electrons. The Morgan fingerprint density at radius 1 is 0.474 bits per heavy atom. The van der Waals surface area contributed by atoms with Gasteiger partial charge in [0.2, 0.25) is 0 Å². The van der Waals surface area contributed by atoms with Crippen LogP contribution in [0.15, 0.2) is 115 Å². The summed E-state index contributed by atoms with van der Waals surface area (Å²) in [5.41, 5.74) is 1.08. The number of rotatable bonds is 11. The summed E-state index contributed by atoms with van der Waals surface area (Å²) in [5, 5.41) is 4.29. The number of amides is 2. The van der Waals surface area contributed by atoms with Crippen LogP contribution in [-0.4, -0.2) is 29.4 Å². The lowest BCUT2D eigenvalue weighted by Gasteiger charge is -2.27. The molecule has 0 bridgehead atoms. The Kier molecular flexibility index (Phi) is 9.66. The standard InChI is InChI=1S/C33H33NO2P.BrH/c35-32-30-23-13-14-24-31(30)33(36)34(32)25-15-2-1-3-16-26-37(27-17-7-4-8-18-27,28-19-9-5-10-20-28)29-21-11-6-12-22-29;/h4-14,17-24H,1-3,15-16,25-26H2;1H/q+1;/p-1. The van der Waals surface area contributed by atoms with Gasteiger partial charge < -0.3 is 17.0 Å². The van der Waals surface area contributed by atoms with Gasteiger partial charge in [-0.2, -0.15) is 0 Å². The van der Waals surface area contributed by atoms with Crippen molar-refractivity contribution in [3.8, 4) is 0 Å². The van der Waals surface area contributed by atoms with Gasteiger partial charge in [-0.15, -0.1) is 0 Å². The van der Waals surface area contributed by atoms with E-state index in [2.05, 4.69) is 91.0 Å². The topological polar surface area (TPSA) is 37.4 Å². The molecule has 0 N–H and O–H groups in total. The molecule has 0 fully saturated rings. The van der Waals surface area contributed by atoms with E-state index >= 15 is 0 Å². The van der Waals surface area contributed by atoms with Crippen LogP contribution in [0.5, 0.6) is 0 Å². The summed E-state index contributed by atoms with van der Waals surface area (Å²) < 4.78 is 0. The summed E-state index contributed by atoms with van der Waals surface area (Å²) in [6.45, 7) is 0.501. The number of benzene rings is 4. The smallest absolute Gasteiger partial charge is 0.261 e. The molecule has 1 heterocycles. The zero-order valence-corrected chi connectivity index (χ0v) is 24.0. The Bertz CT molecular complexity index is 1210. The van der Waals surface area contributed by atoms with Crippen LogP contribution >= 0.6 is 7.26 Å². The van der Waals surface area contributed by atoms with Crippen LogP contribution in [0.2, 0.25) is 0 Å². The van der Waals surface area contributed by atoms with Gasteiger partial charge in [-0.1, -0.05) is 79.6 Å². The fourth-order valence-corrected chi connectivity index (χ4v) is 9.88. The van der Waals surface area contributed by atoms with Gasteiger partial charge in [0.15, 0.2) is 0 Å². The van der Waals surface area contributed by atoms with Crippen LogP contribution in [0.1, 0.15) is 52.8 Å². The second-order valence-corrected chi connectivity index (χ2v) is 13.2. The SMILES string of the molecule is O=C1c2ccccc2C(=O)N1CCCCCCC[P+](c1ccccc1)(c1ccccc1)c1ccccc1.[Br-]. The van der Waals surface area contributed by atoms with Gasteiger partial charge in [-0.25, -0.2) is 0 Å². The number of carbonyl (C=O) groups excluding carboxylic acids is 2. The number of carbonyl (C=O) groups is 2. The first-order valence-corrected chi connectivity index (χ1v) is 15.2. The van der Waals surface area contributed by atoms with Gasteiger partial charge in [-0.05, 0) is 67.8 Å². The number of imide groups is 1. The maximum absolute atomic E-state index is 12.6. The van der Waals surface area contributed by atoms with Gasteiger partial charge in [0.25, 0.3) is 11.8 Å². The molecular weight excluding hydrogens is 553 g/mol. The Labute approximate surface area is 237 Å². The molecule has 38 heavy (non-hydrogen) atoms. The Hall–Kier alpha value is -3.07. The molecule has 0 aromatic heterocycles. The highest BCUT2D eigenvalue weighted by Gasteiger charge is 2.44. The van der Waals surface area contributed by atoms with Gasteiger partial charge >= 0.3 is 0 Å². The first-order valence-electron chi connectivity index (χ1n) is 13.2. The van der Waals surface area contributed by atoms with E-state index in [0.717, 1.165) is 38.3 Å². The van der Waals surface area contributed by atoms with E-state index in [1.54, 1.807) is 12.1 Å². The van der Waals surface area contributed by atoms with Crippen LogP contribution in [0.4, 0.5) is 0 Å². The molecule has 5 rings (SSSR count). The predicted molar refractivity (Wildman–Crippen MR) is 155 cm³/mol. The van der Waals surface area contributed by atoms with Crippen LogP contribution in [0.3, 0.4) is 0 Å². The van der Waals surface area contributed by atoms with Crippen molar-refractivity contribution in [2.45, 2.75) is 32.1 Å². The largest absolute Gasteiger partial charge is 1.00 e. The van der Waals surface area contributed by atoms with Crippen molar-refractivity contribution in [2.75, 3.05) is 12.7 Å². The molecule has 1 aliphatic heterocycles. The maximum Gasteiger partial charge on any atom is 0.261 e. The van der Waals surface area contributed by atoms with Crippen LogP contribution in [0.25, 0.3) is 0 Å². The van der Waals surface area contributed by atoms with Crippen LogP contribution in [0, 0.1) is 0 Å². The molecule has 1 aliphatic rings. The highest BCUT2D eigenvalue weighted by molar-refractivity contribution is 7.95. The Morgan fingerprint density at radius 2 is 0.842 bits per heavy atom. The first kappa shape index (κ1) is 28.0. The van der Waals surface area contributed by atoms with Gasteiger partial charge in [0, 0.05) is 6.54 Å². The molecule has 0 saturated heterocycles. The monoisotopic (exact) mass is 585 g/mol. The summed E-state index contributed by atoms with van der Waals surface area (Å²) in [6, 6.07) is 40.2. The number of fused-ring (bicyclic) bond motifs is 1. The average molecular weight is 587 g/mol. The molecule has 0 radical (unpaired) electrons. The third kappa shape index (κ3) is 5.67. The minimum absolute atomic E-state index is 0. The second kappa shape index (κ2) is 13.1. The summed E-state index contributed by atoms with van der Waals surface area (Å²) >= 11 is 0. The van der Waals surface area contributed by atoms with Crippen LogP contribution in [-0.2, 0) is 0 Å². The Balaban J connectivity index is 0.00000336. The second-order valence-electron chi connectivity index (χ2n) is 9.62. The van der Waals surface area contributed by atoms with Crippen molar-refractivity contribution in [3.63, 3.8) is 0 Å². The van der Waals surface area contributed by atoms with E-state index in [4.69, 9.17) is 0 Å². The van der Waals surface area contributed by atoms with E-state index in [-0.39, 0.29) is 28.8 Å². The zero-order chi connectivity index (χ0) is 25.5. The number of nitrogens with zero attached hydrogens (tertiary/aromatic N) is 1. The van der Waals surface area contributed by atoms with E-state index in [9.17, 15) is 9.59 Å². The van der Waals surface area contributed by atoms with E-state index in [1.165, 1.54) is 20.8 Å². The average Bonchev–Trinajstić information content (AvgIpc) is 3.21. The van der Waals surface area contributed by atoms with Crippen molar-refractivity contribution in [3.05, 3.63) is 126 Å². The molecule has 5 heteroatoms. The number of unbranched alkanes of at least 4 members (excludes halogenated alkanes) is 4. The maximum atomic E-state index is 12.6. The highest BCUT2D eigenvalue weighted by atomic mass is 79.9. The molecule has 0 unspecified atom stereocenters. The van der Waals surface area contributed by atoms with E-state index in [1.807, 2.05) is 12.1 Å². The third-order valence-electron chi connectivity index (χ3n) is 7.34. The number of hydrogen-bond acceptors (Lipinski definition) is 2. The van der Waals surface area contributed by atoms with Crippen molar-refractivity contribution >= 4 is 35.0 Å². The molecule has 0 aliphatic carbocycles. The normalized spacial score (nSPS) is 12.8.